The summed E-state index contributed by atoms with van der Waals surface area (Å²) in [4.78, 5) is 0. The predicted molar refractivity (Wildman–Crippen MR) is 62.2 cm³/mol. The van der Waals surface area contributed by atoms with E-state index in [0.717, 1.165) is 31.2 Å². The van der Waals surface area contributed by atoms with Crippen LogP contribution in [0.1, 0.15) is 17.9 Å². The van der Waals surface area contributed by atoms with Crippen molar-refractivity contribution in [1.82, 2.24) is 5.32 Å². The molecule has 3 rings (SSSR count). The van der Waals surface area contributed by atoms with Gasteiger partial charge in [-0.05, 0) is 43.6 Å². The Hall–Kier alpha value is -1.22. The molecule has 16 heavy (non-hydrogen) atoms. The number of rotatable bonds is 2. The van der Waals surface area contributed by atoms with E-state index in [0.29, 0.717) is 11.8 Å². The average molecular weight is 219 g/mol. The Balaban J connectivity index is 1.90. The van der Waals surface area contributed by atoms with Gasteiger partial charge in [-0.25, -0.2) is 0 Å². The third-order valence-corrected chi connectivity index (χ3v) is 3.70. The fourth-order valence-corrected chi connectivity index (χ4v) is 2.75. The minimum absolute atomic E-state index is 0.542. The van der Waals surface area contributed by atoms with E-state index in [1.807, 2.05) is 12.1 Å². The number of nitrogens with one attached hydrogen (secondary N) is 1. The molecule has 2 unspecified atom stereocenters. The van der Waals surface area contributed by atoms with Gasteiger partial charge in [0.2, 0.25) is 0 Å². The van der Waals surface area contributed by atoms with Crippen molar-refractivity contribution in [2.75, 3.05) is 26.8 Å². The molecule has 3 nitrogen and oxygen atoms in total. The van der Waals surface area contributed by atoms with Gasteiger partial charge < -0.3 is 14.8 Å². The van der Waals surface area contributed by atoms with Crippen LogP contribution in [0.2, 0.25) is 0 Å². The van der Waals surface area contributed by atoms with E-state index in [9.17, 15) is 0 Å². The molecule has 1 aromatic rings. The van der Waals surface area contributed by atoms with Gasteiger partial charge in [0.1, 0.15) is 11.5 Å². The topological polar surface area (TPSA) is 30.5 Å². The first kappa shape index (κ1) is 9.97. The molecule has 0 bridgehead atoms. The lowest BCUT2D eigenvalue weighted by molar-refractivity contribution is 0.296. The Morgan fingerprint density at radius 1 is 1.44 bits per heavy atom. The van der Waals surface area contributed by atoms with Gasteiger partial charge in [0.25, 0.3) is 0 Å². The number of ether oxygens (including phenoxy) is 2. The van der Waals surface area contributed by atoms with Gasteiger partial charge in [-0.15, -0.1) is 0 Å². The Kier molecular flexibility index (Phi) is 2.48. The quantitative estimate of drug-likeness (QED) is 0.822. The highest BCUT2D eigenvalue weighted by atomic mass is 16.5. The summed E-state index contributed by atoms with van der Waals surface area (Å²) in [5, 5.41) is 3.42. The number of fused-ring (bicyclic) bond motifs is 1. The molecule has 0 spiro atoms. The fourth-order valence-electron chi connectivity index (χ4n) is 2.75. The lowest BCUT2D eigenvalue weighted by Crippen LogP contribution is -2.17. The molecule has 0 saturated carbocycles. The molecule has 2 atom stereocenters. The summed E-state index contributed by atoms with van der Waals surface area (Å²) < 4.78 is 11.0. The maximum Gasteiger partial charge on any atom is 0.123 e. The van der Waals surface area contributed by atoms with Gasteiger partial charge in [0.15, 0.2) is 0 Å². The van der Waals surface area contributed by atoms with Crippen molar-refractivity contribution >= 4 is 0 Å². The van der Waals surface area contributed by atoms with E-state index < -0.39 is 0 Å². The zero-order valence-electron chi connectivity index (χ0n) is 9.53. The van der Waals surface area contributed by atoms with Crippen LogP contribution in [-0.4, -0.2) is 26.8 Å². The number of hydrogen-bond donors (Lipinski definition) is 1. The van der Waals surface area contributed by atoms with Crippen LogP contribution in [0.5, 0.6) is 11.5 Å². The molecule has 0 amide bonds. The molecule has 0 aromatic heterocycles. The molecule has 0 aliphatic carbocycles. The van der Waals surface area contributed by atoms with Crippen molar-refractivity contribution in [3.05, 3.63) is 23.8 Å². The summed E-state index contributed by atoms with van der Waals surface area (Å²) in [5.74, 6) is 3.23. The monoisotopic (exact) mass is 219 g/mol. The van der Waals surface area contributed by atoms with E-state index >= 15 is 0 Å². The molecule has 1 N–H and O–H groups in total. The summed E-state index contributed by atoms with van der Waals surface area (Å²) in [5.41, 5.74) is 1.33. The molecule has 1 fully saturated rings. The third-order valence-electron chi connectivity index (χ3n) is 3.70. The van der Waals surface area contributed by atoms with Gasteiger partial charge in [-0.2, -0.15) is 0 Å². The summed E-state index contributed by atoms with van der Waals surface area (Å²) in [7, 11) is 1.71. The largest absolute Gasteiger partial charge is 0.497 e. The van der Waals surface area contributed by atoms with Crippen LogP contribution < -0.4 is 14.8 Å². The Morgan fingerprint density at radius 2 is 2.38 bits per heavy atom. The van der Waals surface area contributed by atoms with Gasteiger partial charge in [0, 0.05) is 11.5 Å². The molecule has 2 aliphatic rings. The average Bonchev–Trinajstić information content (AvgIpc) is 2.96. The first-order valence-corrected chi connectivity index (χ1v) is 5.90. The van der Waals surface area contributed by atoms with Gasteiger partial charge in [-0.3, -0.25) is 0 Å². The Bertz CT molecular complexity index is 386. The highest BCUT2D eigenvalue weighted by Crippen LogP contribution is 2.41. The number of methoxy groups -OCH3 is 1. The number of hydrogen-bond acceptors (Lipinski definition) is 3. The van der Waals surface area contributed by atoms with E-state index in [4.69, 9.17) is 9.47 Å². The summed E-state index contributed by atoms with van der Waals surface area (Å²) >= 11 is 0. The van der Waals surface area contributed by atoms with Crippen LogP contribution in [0.15, 0.2) is 18.2 Å². The van der Waals surface area contributed by atoms with Crippen LogP contribution >= 0.6 is 0 Å². The zero-order chi connectivity index (χ0) is 11.0. The van der Waals surface area contributed by atoms with Crippen LogP contribution in [-0.2, 0) is 0 Å². The first-order valence-electron chi connectivity index (χ1n) is 5.90. The van der Waals surface area contributed by atoms with Crippen molar-refractivity contribution in [1.29, 1.82) is 0 Å². The van der Waals surface area contributed by atoms with Crippen molar-refractivity contribution in [3.8, 4) is 11.5 Å². The molecule has 0 radical (unpaired) electrons. The molecule has 2 aliphatic heterocycles. The van der Waals surface area contributed by atoms with Gasteiger partial charge in [0.05, 0.1) is 13.7 Å². The second-order valence-corrected chi connectivity index (χ2v) is 4.57. The Morgan fingerprint density at radius 3 is 3.12 bits per heavy atom. The second kappa shape index (κ2) is 3.98. The smallest absolute Gasteiger partial charge is 0.123 e. The minimum Gasteiger partial charge on any atom is -0.497 e. The van der Waals surface area contributed by atoms with E-state index in [1.54, 1.807) is 7.11 Å². The highest BCUT2D eigenvalue weighted by Gasteiger charge is 2.33. The summed E-state index contributed by atoms with van der Waals surface area (Å²) in [6.07, 6.45) is 1.25. The third kappa shape index (κ3) is 1.55. The summed E-state index contributed by atoms with van der Waals surface area (Å²) in [6.45, 7) is 3.08. The van der Waals surface area contributed by atoms with E-state index in [-0.39, 0.29) is 0 Å². The van der Waals surface area contributed by atoms with E-state index in [1.165, 1.54) is 12.0 Å². The molecular weight excluding hydrogens is 202 g/mol. The summed E-state index contributed by atoms with van der Waals surface area (Å²) in [6, 6.07) is 6.12. The molecule has 2 heterocycles. The lowest BCUT2D eigenvalue weighted by Gasteiger charge is -2.16. The zero-order valence-corrected chi connectivity index (χ0v) is 9.53. The molecule has 1 saturated heterocycles. The molecule has 3 heteroatoms. The van der Waals surface area contributed by atoms with Crippen molar-refractivity contribution in [2.24, 2.45) is 5.92 Å². The predicted octanol–water partition coefficient (Wildman–Crippen LogP) is 1.78. The fraction of sp³-hybridized carbons (Fsp3) is 0.538. The van der Waals surface area contributed by atoms with Crippen LogP contribution in [0.3, 0.4) is 0 Å². The maximum absolute atomic E-state index is 5.74. The molecular formula is C13H17NO2. The second-order valence-electron chi connectivity index (χ2n) is 4.57. The SMILES string of the molecule is COc1ccc2c(c1)C(C1CCNC1)CO2. The minimum atomic E-state index is 0.542. The van der Waals surface area contributed by atoms with Gasteiger partial charge >= 0.3 is 0 Å². The van der Waals surface area contributed by atoms with Gasteiger partial charge in [-0.1, -0.05) is 0 Å². The molecule has 1 aromatic carbocycles. The highest BCUT2D eigenvalue weighted by molar-refractivity contribution is 5.45. The Labute approximate surface area is 95.8 Å². The lowest BCUT2D eigenvalue weighted by atomic mass is 9.87. The normalized spacial score (nSPS) is 27.6. The standard InChI is InChI=1S/C13H17NO2/c1-15-10-2-3-13-11(6-10)12(8-16-13)9-4-5-14-7-9/h2-3,6,9,12,14H,4-5,7-8H2,1H3. The first-order chi connectivity index (χ1) is 7.88. The van der Waals surface area contributed by atoms with Crippen LogP contribution in [0, 0.1) is 5.92 Å². The molecule has 86 valence electrons. The van der Waals surface area contributed by atoms with E-state index in [2.05, 4.69) is 11.4 Å². The van der Waals surface area contributed by atoms with Crippen LogP contribution in [0.4, 0.5) is 0 Å². The van der Waals surface area contributed by atoms with Crippen molar-refractivity contribution in [3.63, 3.8) is 0 Å². The van der Waals surface area contributed by atoms with Crippen molar-refractivity contribution in [2.45, 2.75) is 12.3 Å². The van der Waals surface area contributed by atoms with Crippen molar-refractivity contribution < 1.29 is 9.47 Å². The maximum atomic E-state index is 5.74. The van der Waals surface area contributed by atoms with Crippen LogP contribution in [0.25, 0.3) is 0 Å². The number of benzene rings is 1.